The zero-order valence-corrected chi connectivity index (χ0v) is 10.1. The Kier molecular flexibility index (Phi) is 2.57. The zero-order chi connectivity index (χ0) is 11.1. The molecule has 1 heterocycles. The molecule has 0 amide bonds. The molecule has 1 atom stereocenters. The van der Waals surface area contributed by atoms with Crippen LogP contribution in [0.2, 0.25) is 0 Å². The molecular formula is C13H16OS. The van der Waals surface area contributed by atoms with Gasteiger partial charge in [0.15, 0.2) is 0 Å². The minimum absolute atomic E-state index is 0.107. The third-order valence-electron chi connectivity index (χ3n) is 2.63. The number of benzene rings is 1. The molecule has 0 aliphatic rings. The number of aliphatic hydroxyl groups is 1. The lowest BCUT2D eigenvalue weighted by Crippen LogP contribution is -2.17. The molecule has 1 nitrogen and oxygen atoms in total. The van der Waals surface area contributed by atoms with Crippen molar-refractivity contribution in [2.45, 2.75) is 26.9 Å². The van der Waals surface area contributed by atoms with Gasteiger partial charge in [-0.3, -0.25) is 0 Å². The van der Waals surface area contributed by atoms with Crippen LogP contribution >= 0.6 is 11.3 Å². The normalized spacial score (nSPS) is 14.4. The maximum Gasteiger partial charge on any atom is 0.0852 e. The van der Waals surface area contributed by atoms with Gasteiger partial charge >= 0.3 is 0 Å². The van der Waals surface area contributed by atoms with Gasteiger partial charge in [0, 0.05) is 4.70 Å². The highest BCUT2D eigenvalue weighted by Crippen LogP contribution is 2.38. The second-order valence-corrected chi connectivity index (χ2v) is 5.87. The Balaban J connectivity index is 2.53. The summed E-state index contributed by atoms with van der Waals surface area (Å²) in [6.45, 7) is 6.18. The molecule has 0 bridgehead atoms. The predicted molar refractivity (Wildman–Crippen MR) is 66.2 cm³/mol. The van der Waals surface area contributed by atoms with Crippen molar-refractivity contribution in [3.63, 3.8) is 0 Å². The average Bonchev–Trinajstić information content (AvgIpc) is 2.58. The molecule has 2 rings (SSSR count). The van der Waals surface area contributed by atoms with Crippen LogP contribution in [-0.2, 0) is 0 Å². The van der Waals surface area contributed by atoms with Crippen LogP contribution < -0.4 is 0 Å². The summed E-state index contributed by atoms with van der Waals surface area (Å²) < 4.78 is 1.25. The van der Waals surface area contributed by atoms with Crippen molar-refractivity contribution in [3.8, 4) is 0 Å². The Morgan fingerprint density at radius 2 is 1.87 bits per heavy atom. The quantitative estimate of drug-likeness (QED) is 0.770. The summed E-state index contributed by atoms with van der Waals surface area (Å²) in [5, 5.41) is 13.5. The molecule has 2 heteroatoms. The van der Waals surface area contributed by atoms with Crippen molar-refractivity contribution in [1.29, 1.82) is 0 Å². The van der Waals surface area contributed by atoms with Crippen LogP contribution in [-0.4, -0.2) is 5.11 Å². The monoisotopic (exact) mass is 220 g/mol. The minimum Gasteiger partial charge on any atom is -0.388 e. The highest BCUT2D eigenvalue weighted by atomic mass is 32.1. The summed E-state index contributed by atoms with van der Waals surface area (Å²) in [6, 6.07) is 8.23. The molecule has 1 aromatic heterocycles. The molecule has 15 heavy (non-hydrogen) atoms. The van der Waals surface area contributed by atoms with Crippen molar-refractivity contribution in [2.75, 3.05) is 0 Å². The van der Waals surface area contributed by atoms with E-state index in [1.165, 1.54) is 10.1 Å². The van der Waals surface area contributed by atoms with E-state index >= 15 is 0 Å². The summed E-state index contributed by atoms with van der Waals surface area (Å²) in [4.78, 5) is 0. The van der Waals surface area contributed by atoms with Gasteiger partial charge in [-0.25, -0.2) is 0 Å². The van der Waals surface area contributed by atoms with E-state index in [0.29, 0.717) is 0 Å². The molecular weight excluding hydrogens is 204 g/mol. The van der Waals surface area contributed by atoms with E-state index in [1.807, 2.05) is 12.1 Å². The van der Waals surface area contributed by atoms with Crippen LogP contribution in [0.4, 0.5) is 0 Å². The molecule has 0 aliphatic carbocycles. The maximum atomic E-state index is 10.3. The van der Waals surface area contributed by atoms with Crippen molar-refractivity contribution in [1.82, 2.24) is 0 Å². The van der Waals surface area contributed by atoms with Crippen LogP contribution in [0.5, 0.6) is 0 Å². The number of aliphatic hydroxyl groups excluding tert-OH is 1. The van der Waals surface area contributed by atoms with Gasteiger partial charge < -0.3 is 5.11 Å². The van der Waals surface area contributed by atoms with E-state index in [9.17, 15) is 5.11 Å². The largest absolute Gasteiger partial charge is 0.388 e. The van der Waals surface area contributed by atoms with Gasteiger partial charge in [0.1, 0.15) is 0 Å². The third kappa shape index (κ3) is 1.92. The summed E-state index contributed by atoms with van der Waals surface area (Å²) in [6.07, 6.45) is -0.395. The first-order valence-corrected chi connectivity index (χ1v) is 6.02. The van der Waals surface area contributed by atoms with E-state index in [0.717, 1.165) is 5.56 Å². The minimum atomic E-state index is -0.395. The summed E-state index contributed by atoms with van der Waals surface area (Å²) in [5.41, 5.74) is 0.951. The third-order valence-corrected chi connectivity index (χ3v) is 3.61. The standard InChI is InChI=1S/C13H16OS/c1-13(2,3)12(14)10-8-15-11-7-5-4-6-9(10)11/h4-8,12,14H,1-3H3. The van der Waals surface area contributed by atoms with Crippen LogP contribution in [0, 0.1) is 5.41 Å². The lowest BCUT2D eigenvalue weighted by atomic mass is 9.85. The maximum absolute atomic E-state index is 10.3. The lowest BCUT2D eigenvalue weighted by molar-refractivity contribution is 0.0642. The molecule has 0 aliphatic heterocycles. The van der Waals surface area contributed by atoms with E-state index in [-0.39, 0.29) is 5.41 Å². The second kappa shape index (κ2) is 3.62. The Morgan fingerprint density at radius 3 is 2.53 bits per heavy atom. The summed E-state index contributed by atoms with van der Waals surface area (Å²) >= 11 is 1.70. The fourth-order valence-corrected chi connectivity index (χ4v) is 2.66. The Labute approximate surface area is 94.4 Å². The first kappa shape index (κ1) is 10.7. The van der Waals surface area contributed by atoms with Crippen LogP contribution in [0.1, 0.15) is 32.4 Å². The van der Waals surface area contributed by atoms with Crippen LogP contribution in [0.15, 0.2) is 29.6 Å². The molecule has 0 spiro atoms. The van der Waals surface area contributed by atoms with Gasteiger partial charge in [-0.05, 0) is 27.8 Å². The van der Waals surface area contributed by atoms with E-state index in [1.54, 1.807) is 11.3 Å². The predicted octanol–water partition coefficient (Wildman–Crippen LogP) is 3.98. The molecule has 1 aromatic carbocycles. The lowest BCUT2D eigenvalue weighted by Gasteiger charge is -2.25. The number of thiophene rings is 1. The number of fused-ring (bicyclic) bond motifs is 1. The summed E-state index contributed by atoms with van der Waals surface area (Å²) in [5.74, 6) is 0. The van der Waals surface area contributed by atoms with Gasteiger partial charge in [-0.1, -0.05) is 39.0 Å². The Morgan fingerprint density at radius 1 is 1.20 bits per heavy atom. The topological polar surface area (TPSA) is 20.2 Å². The van der Waals surface area contributed by atoms with Crippen molar-refractivity contribution in [2.24, 2.45) is 5.41 Å². The van der Waals surface area contributed by atoms with Gasteiger partial charge in [0.05, 0.1) is 6.10 Å². The molecule has 0 radical (unpaired) electrons. The van der Waals surface area contributed by atoms with Crippen LogP contribution in [0.25, 0.3) is 10.1 Å². The Hall–Kier alpha value is -0.860. The van der Waals surface area contributed by atoms with Gasteiger partial charge in [0.2, 0.25) is 0 Å². The molecule has 80 valence electrons. The summed E-state index contributed by atoms with van der Waals surface area (Å²) in [7, 11) is 0. The fraction of sp³-hybridized carbons (Fsp3) is 0.385. The molecule has 1 N–H and O–H groups in total. The first-order valence-electron chi connectivity index (χ1n) is 5.14. The van der Waals surface area contributed by atoms with Crippen molar-refractivity contribution >= 4 is 21.4 Å². The van der Waals surface area contributed by atoms with Gasteiger partial charge in [-0.2, -0.15) is 0 Å². The van der Waals surface area contributed by atoms with E-state index < -0.39 is 6.10 Å². The number of hydrogen-bond donors (Lipinski definition) is 1. The second-order valence-electron chi connectivity index (χ2n) is 4.96. The zero-order valence-electron chi connectivity index (χ0n) is 9.32. The highest BCUT2D eigenvalue weighted by molar-refractivity contribution is 7.17. The van der Waals surface area contributed by atoms with E-state index in [2.05, 4.69) is 38.3 Å². The van der Waals surface area contributed by atoms with Gasteiger partial charge in [0.25, 0.3) is 0 Å². The van der Waals surface area contributed by atoms with Crippen molar-refractivity contribution in [3.05, 3.63) is 35.2 Å². The SMILES string of the molecule is CC(C)(C)C(O)c1csc2ccccc12. The van der Waals surface area contributed by atoms with E-state index in [4.69, 9.17) is 0 Å². The molecule has 2 aromatic rings. The molecule has 1 unspecified atom stereocenters. The molecule has 0 saturated heterocycles. The molecule has 0 fully saturated rings. The first-order chi connectivity index (χ1) is 7.00. The smallest absolute Gasteiger partial charge is 0.0852 e. The van der Waals surface area contributed by atoms with Crippen molar-refractivity contribution < 1.29 is 5.11 Å². The fourth-order valence-electron chi connectivity index (χ4n) is 1.68. The Bertz CT molecular complexity index is 465. The number of rotatable bonds is 1. The number of hydrogen-bond acceptors (Lipinski definition) is 2. The highest BCUT2D eigenvalue weighted by Gasteiger charge is 2.25. The average molecular weight is 220 g/mol. The van der Waals surface area contributed by atoms with Crippen LogP contribution in [0.3, 0.4) is 0 Å². The van der Waals surface area contributed by atoms with Gasteiger partial charge in [-0.15, -0.1) is 11.3 Å². The molecule has 0 saturated carbocycles.